The molecule has 0 bridgehead atoms. The molecule has 1 fully saturated rings. The summed E-state index contributed by atoms with van der Waals surface area (Å²) in [7, 11) is 0. The van der Waals surface area contributed by atoms with Gasteiger partial charge in [0.25, 0.3) is 5.56 Å². The Kier molecular flexibility index (Phi) is 5.35. The van der Waals surface area contributed by atoms with Crippen molar-refractivity contribution < 1.29 is 17.6 Å². The molecule has 1 unspecified atom stereocenters. The maximum Gasteiger partial charge on any atom is 0.416 e. The van der Waals surface area contributed by atoms with Gasteiger partial charge in [-0.15, -0.1) is 0 Å². The van der Waals surface area contributed by atoms with E-state index >= 15 is 0 Å². The van der Waals surface area contributed by atoms with E-state index in [1.54, 1.807) is 6.92 Å². The fourth-order valence-corrected chi connectivity index (χ4v) is 2.72. The number of rotatable bonds is 6. The molecular formula is C19H18F4N4O. The Balaban J connectivity index is 1.81. The molecule has 5 nitrogen and oxygen atoms in total. The van der Waals surface area contributed by atoms with Gasteiger partial charge in [-0.05, 0) is 31.9 Å². The Labute approximate surface area is 158 Å². The lowest BCUT2D eigenvalue weighted by atomic mass is 10.0. The highest BCUT2D eigenvalue weighted by Gasteiger charge is 2.31. The quantitative estimate of drug-likeness (QED) is 0.509. The molecule has 1 aromatic heterocycles. The Morgan fingerprint density at radius 3 is 2.64 bits per heavy atom. The number of hydrogen-bond acceptors (Lipinski definition) is 4. The van der Waals surface area contributed by atoms with E-state index in [1.165, 1.54) is 12.3 Å². The first-order valence-electron chi connectivity index (χ1n) is 8.64. The van der Waals surface area contributed by atoms with Crippen molar-refractivity contribution in [2.24, 2.45) is 0 Å². The zero-order valence-corrected chi connectivity index (χ0v) is 14.9. The minimum atomic E-state index is -4.62. The lowest BCUT2D eigenvalue weighted by Crippen LogP contribution is -2.17. The number of halogens is 4. The van der Waals surface area contributed by atoms with E-state index < -0.39 is 23.6 Å². The summed E-state index contributed by atoms with van der Waals surface area (Å²) in [5.74, 6) is -0.199. The van der Waals surface area contributed by atoms with Crippen molar-refractivity contribution in [3.8, 4) is 0 Å². The van der Waals surface area contributed by atoms with Crippen LogP contribution in [-0.2, 0) is 6.18 Å². The van der Waals surface area contributed by atoms with Crippen LogP contribution in [0.3, 0.4) is 0 Å². The average Bonchev–Trinajstić information content (AvgIpc) is 3.46. The molecule has 0 spiro atoms. The smallest absolute Gasteiger partial charge is 0.384 e. The molecule has 0 saturated heterocycles. The van der Waals surface area contributed by atoms with Crippen molar-refractivity contribution in [2.75, 3.05) is 0 Å². The highest BCUT2D eigenvalue weighted by Crippen LogP contribution is 2.37. The summed E-state index contributed by atoms with van der Waals surface area (Å²) in [5.41, 5.74) is -0.745. The second-order valence-electron chi connectivity index (χ2n) is 6.66. The van der Waals surface area contributed by atoms with Crippen molar-refractivity contribution in [1.29, 1.82) is 5.41 Å². The van der Waals surface area contributed by atoms with Crippen molar-refractivity contribution in [3.63, 3.8) is 0 Å². The van der Waals surface area contributed by atoms with Crippen LogP contribution in [0.25, 0.3) is 5.57 Å². The van der Waals surface area contributed by atoms with Crippen LogP contribution < -0.4 is 10.9 Å². The third kappa shape index (κ3) is 4.47. The number of alkyl halides is 3. The summed E-state index contributed by atoms with van der Waals surface area (Å²) >= 11 is 0. The summed E-state index contributed by atoms with van der Waals surface area (Å²) in [6.45, 7) is 1.57. The van der Waals surface area contributed by atoms with Gasteiger partial charge in [0.15, 0.2) is 0 Å². The molecule has 3 N–H and O–H groups in total. The van der Waals surface area contributed by atoms with E-state index in [0.717, 1.165) is 31.2 Å². The number of aromatic amines is 1. The first-order valence-corrected chi connectivity index (χ1v) is 8.64. The van der Waals surface area contributed by atoms with Gasteiger partial charge < -0.3 is 15.7 Å². The molecule has 148 valence electrons. The van der Waals surface area contributed by atoms with Gasteiger partial charge in [-0.1, -0.05) is 6.07 Å². The summed E-state index contributed by atoms with van der Waals surface area (Å²) in [6.07, 6.45) is -0.333. The molecule has 1 aliphatic rings. The van der Waals surface area contributed by atoms with Crippen LogP contribution in [0.5, 0.6) is 0 Å². The van der Waals surface area contributed by atoms with Gasteiger partial charge >= 0.3 is 6.18 Å². The normalized spacial score (nSPS) is 16.0. The van der Waals surface area contributed by atoms with Crippen LogP contribution in [0, 0.1) is 11.2 Å². The van der Waals surface area contributed by atoms with Crippen LogP contribution in [-0.4, -0.2) is 16.2 Å². The molecule has 1 heterocycles. The number of benzene rings is 1. The zero-order valence-electron chi connectivity index (χ0n) is 14.9. The fourth-order valence-electron chi connectivity index (χ4n) is 2.72. The minimum absolute atomic E-state index is 0.0473. The molecule has 1 atom stereocenters. The fraction of sp³-hybridized carbons (Fsp3) is 0.316. The van der Waals surface area contributed by atoms with E-state index in [1.807, 2.05) is 0 Å². The van der Waals surface area contributed by atoms with E-state index in [4.69, 9.17) is 5.41 Å². The van der Waals surface area contributed by atoms with Crippen LogP contribution in [0.15, 0.2) is 35.3 Å². The molecule has 0 amide bonds. The van der Waals surface area contributed by atoms with Gasteiger partial charge in [0.2, 0.25) is 0 Å². The molecule has 9 heteroatoms. The molecule has 1 saturated carbocycles. The third-order valence-corrected chi connectivity index (χ3v) is 4.46. The molecular weight excluding hydrogens is 376 g/mol. The van der Waals surface area contributed by atoms with Crippen molar-refractivity contribution in [1.82, 2.24) is 15.3 Å². The van der Waals surface area contributed by atoms with Gasteiger partial charge in [-0.3, -0.25) is 4.79 Å². The lowest BCUT2D eigenvalue weighted by Gasteiger charge is -2.16. The number of aromatic nitrogens is 2. The molecule has 1 aliphatic carbocycles. The molecule has 1 aromatic carbocycles. The molecule has 0 aliphatic heterocycles. The second kappa shape index (κ2) is 7.57. The number of nitrogens with one attached hydrogen (secondary N) is 3. The van der Waals surface area contributed by atoms with Crippen LogP contribution >= 0.6 is 0 Å². The minimum Gasteiger partial charge on any atom is -0.384 e. The van der Waals surface area contributed by atoms with Crippen molar-refractivity contribution in [3.05, 3.63) is 69.3 Å². The maximum atomic E-state index is 14.1. The van der Waals surface area contributed by atoms with Crippen LogP contribution in [0.4, 0.5) is 17.6 Å². The highest BCUT2D eigenvalue weighted by atomic mass is 19.4. The standard InChI is InChI=1S/C19H18F4N4O/c1-10(14-5-4-13(6-15(14)20)19(21,22)23)25-9-12(8-24)16-7-17(28)27-18(26-16)11-2-3-11/h4-11,24-25H,2-3H2,1H3,(H,26,27,28)/b12-9+,24-8?. The zero-order chi connectivity index (χ0) is 20.5. The molecule has 2 aromatic rings. The van der Waals surface area contributed by atoms with Gasteiger partial charge in [-0.2, -0.15) is 13.2 Å². The lowest BCUT2D eigenvalue weighted by molar-refractivity contribution is -0.137. The van der Waals surface area contributed by atoms with E-state index in [2.05, 4.69) is 15.3 Å². The van der Waals surface area contributed by atoms with Crippen LogP contribution in [0.1, 0.15) is 54.4 Å². The Bertz CT molecular complexity index is 977. The van der Waals surface area contributed by atoms with Gasteiger partial charge in [0.1, 0.15) is 11.6 Å². The summed E-state index contributed by atoms with van der Waals surface area (Å²) in [5, 5.41) is 10.4. The Morgan fingerprint density at radius 2 is 2.07 bits per heavy atom. The topological polar surface area (TPSA) is 81.6 Å². The second-order valence-corrected chi connectivity index (χ2v) is 6.66. The first-order chi connectivity index (χ1) is 13.2. The first kappa shape index (κ1) is 19.8. The largest absolute Gasteiger partial charge is 0.416 e. The summed E-state index contributed by atoms with van der Waals surface area (Å²) in [6, 6.07) is 2.94. The van der Waals surface area contributed by atoms with Gasteiger partial charge in [-0.25, -0.2) is 9.37 Å². The Morgan fingerprint density at radius 1 is 1.36 bits per heavy atom. The van der Waals surface area contributed by atoms with Gasteiger partial charge in [0, 0.05) is 35.5 Å². The monoisotopic (exact) mass is 394 g/mol. The number of allylic oxidation sites excluding steroid dienone is 1. The average molecular weight is 394 g/mol. The summed E-state index contributed by atoms with van der Waals surface area (Å²) in [4.78, 5) is 18.9. The number of H-pyrrole nitrogens is 1. The van der Waals surface area contributed by atoms with Crippen molar-refractivity contribution in [2.45, 2.75) is 37.9 Å². The van der Waals surface area contributed by atoms with Crippen LogP contribution in [0.2, 0.25) is 0 Å². The third-order valence-electron chi connectivity index (χ3n) is 4.46. The number of hydrogen-bond donors (Lipinski definition) is 3. The van der Waals surface area contributed by atoms with E-state index in [9.17, 15) is 22.4 Å². The van der Waals surface area contributed by atoms with E-state index in [0.29, 0.717) is 23.2 Å². The van der Waals surface area contributed by atoms with E-state index in [-0.39, 0.29) is 17.0 Å². The van der Waals surface area contributed by atoms with Crippen molar-refractivity contribution >= 4 is 11.8 Å². The summed E-state index contributed by atoms with van der Waals surface area (Å²) < 4.78 is 52.1. The highest BCUT2D eigenvalue weighted by molar-refractivity contribution is 6.07. The Hall–Kier alpha value is -2.97. The molecule has 3 rings (SSSR count). The number of nitrogens with zero attached hydrogens (tertiary/aromatic N) is 1. The predicted molar refractivity (Wildman–Crippen MR) is 96.5 cm³/mol. The molecule has 28 heavy (non-hydrogen) atoms. The predicted octanol–water partition coefficient (Wildman–Crippen LogP) is 4.15. The molecule has 0 radical (unpaired) electrons. The van der Waals surface area contributed by atoms with Gasteiger partial charge in [0.05, 0.1) is 17.3 Å². The SMILES string of the molecule is CC(N/C=C(\C=N)c1cc(=O)[nH]c(C2CC2)n1)c1ccc(C(F)(F)F)cc1F. The maximum absolute atomic E-state index is 14.1.